The Morgan fingerprint density at radius 1 is 1.53 bits per heavy atom. The summed E-state index contributed by atoms with van der Waals surface area (Å²) in [6.07, 6.45) is 3.00. The normalized spacial score (nSPS) is 21.8. The molecule has 0 aliphatic carbocycles. The summed E-state index contributed by atoms with van der Waals surface area (Å²) in [7, 11) is 0. The van der Waals surface area contributed by atoms with E-state index >= 15 is 0 Å². The van der Waals surface area contributed by atoms with Crippen molar-refractivity contribution in [2.24, 2.45) is 5.92 Å². The Labute approximate surface area is 100 Å². The molecular formula is C13H17N3O. The van der Waals surface area contributed by atoms with Gasteiger partial charge in [0.05, 0.1) is 24.0 Å². The summed E-state index contributed by atoms with van der Waals surface area (Å²) < 4.78 is 5.43. The molecule has 4 nitrogen and oxygen atoms in total. The van der Waals surface area contributed by atoms with Crippen LogP contribution in [0.25, 0.3) is 10.9 Å². The van der Waals surface area contributed by atoms with Gasteiger partial charge in [-0.15, -0.1) is 0 Å². The lowest BCUT2D eigenvalue weighted by molar-refractivity contribution is 0.183. The third-order valence-electron chi connectivity index (χ3n) is 3.53. The van der Waals surface area contributed by atoms with Crippen LogP contribution in [-0.2, 0) is 4.74 Å². The summed E-state index contributed by atoms with van der Waals surface area (Å²) in [5, 5.41) is 11.8. The topological polar surface area (TPSA) is 49.9 Å². The molecule has 1 saturated heterocycles. The molecule has 17 heavy (non-hydrogen) atoms. The van der Waals surface area contributed by atoms with Crippen LogP contribution in [0, 0.1) is 5.92 Å². The van der Waals surface area contributed by atoms with Crippen LogP contribution in [0.3, 0.4) is 0 Å². The molecule has 1 aromatic heterocycles. The number of benzene rings is 1. The van der Waals surface area contributed by atoms with Gasteiger partial charge in [-0.25, -0.2) is 0 Å². The molecule has 2 atom stereocenters. The Balaban J connectivity index is 1.81. The van der Waals surface area contributed by atoms with Crippen molar-refractivity contribution in [3.8, 4) is 0 Å². The third kappa shape index (κ3) is 2.00. The molecule has 3 rings (SSSR count). The second kappa shape index (κ2) is 4.37. The number of hydrogen-bond acceptors (Lipinski definition) is 3. The first kappa shape index (κ1) is 10.6. The standard InChI is InChI=1S/C13H17N3O/c1-9(11-5-6-17-8-11)15-12-4-2-3-10-7-14-16-13(10)12/h2-4,7,9,11,15H,5-6,8H2,1H3,(H,14,16). The maximum absolute atomic E-state index is 5.43. The van der Waals surface area contributed by atoms with Crippen LogP contribution in [-0.4, -0.2) is 29.5 Å². The molecule has 2 unspecified atom stereocenters. The highest BCUT2D eigenvalue weighted by molar-refractivity contribution is 5.89. The number of H-pyrrole nitrogens is 1. The Morgan fingerprint density at radius 2 is 2.47 bits per heavy atom. The van der Waals surface area contributed by atoms with E-state index < -0.39 is 0 Å². The smallest absolute Gasteiger partial charge is 0.0881 e. The van der Waals surface area contributed by atoms with E-state index in [1.807, 2.05) is 6.20 Å². The number of para-hydroxylation sites is 1. The van der Waals surface area contributed by atoms with Gasteiger partial charge in [0.15, 0.2) is 0 Å². The van der Waals surface area contributed by atoms with E-state index in [0.717, 1.165) is 36.2 Å². The number of rotatable bonds is 3. The summed E-state index contributed by atoms with van der Waals surface area (Å²) in [5.74, 6) is 0.605. The predicted octanol–water partition coefficient (Wildman–Crippen LogP) is 2.40. The van der Waals surface area contributed by atoms with Crippen molar-refractivity contribution >= 4 is 16.6 Å². The lowest BCUT2D eigenvalue weighted by Crippen LogP contribution is -2.26. The number of aromatic amines is 1. The summed E-state index contributed by atoms with van der Waals surface area (Å²) in [5.41, 5.74) is 2.21. The molecule has 1 aromatic carbocycles. The van der Waals surface area contributed by atoms with Crippen LogP contribution in [0.5, 0.6) is 0 Å². The summed E-state index contributed by atoms with van der Waals surface area (Å²) in [4.78, 5) is 0. The Bertz CT molecular complexity index is 502. The fourth-order valence-corrected chi connectivity index (χ4v) is 2.40. The zero-order valence-electron chi connectivity index (χ0n) is 9.94. The van der Waals surface area contributed by atoms with E-state index in [-0.39, 0.29) is 0 Å². The van der Waals surface area contributed by atoms with Crippen LogP contribution in [0.15, 0.2) is 24.4 Å². The maximum atomic E-state index is 5.43. The fourth-order valence-electron chi connectivity index (χ4n) is 2.40. The van der Waals surface area contributed by atoms with E-state index in [1.54, 1.807) is 0 Å². The number of fused-ring (bicyclic) bond motifs is 1. The summed E-state index contributed by atoms with van der Waals surface area (Å²) >= 11 is 0. The van der Waals surface area contributed by atoms with E-state index in [4.69, 9.17) is 4.74 Å². The Hall–Kier alpha value is -1.55. The molecule has 0 amide bonds. The highest BCUT2D eigenvalue weighted by Gasteiger charge is 2.22. The molecule has 1 aliphatic heterocycles. The van der Waals surface area contributed by atoms with Gasteiger partial charge in [-0.05, 0) is 19.4 Å². The van der Waals surface area contributed by atoms with Crippen LogP contribution in [0.2, 0.25) is 0 Å². The van der Waals surface area contributed by atoms with Crippen molar-refractivity contribution in [3.05, 3.63) is 24.4 Å². The maximum Gasteiger partial charge on any atom is 0.0881 e. The third-order valence-corrected chi connectivity index (χ3v) is 3.53. The van der Waals surface area contributed by atoms with E-state index in [9.17, 15) is 0 Å². The first-order valence-electron chi connectivity index (χ1n) is 6.11. The van der Waals surface area contributed by atoms with Crippen LogP contribution < -0.4 is 5.32 Å². The van der Waals surface area contributed by atoms with Crippen LogP contribution in [0.4, 0.5) is 5.69 Å². The first-order chi connectivity index (χ1) is 8.34. The second-order valence-corrected chi connectivity index (χ2v) is 4.70. The van der Waals surface area contributed by atoms with Crippen LogP contribution in [0.1, 0.15) is 13.3 Å². The average molecular weight is 231 g/mol. The van der Waals surface area contributed by atoms with Gasteiger partial charge in [0.2, 0.25) is 0 Å². The van der Waals surface area contributed by atoms with Crippen molar-refractivity contribution in [2.75, 3.05) is 18.5 Å². The summed E-state index contributed by atoms with van der Waals surface area (Å²) in [6.45, 7) is 3.98. The molecule has 90 valence electrons. The zero-order valence-corrected chi connectivity index (χ0v) is 9.94. The minimum Gasteiger partial charge on any atom is -0.381 e. The lowest BCUT2D eigenvalue weighted by atomic mass is 10.0. The van der Waals surface area contributed by atoms with Crippen molar-refractivity contribution < 1.29 is 4.74 Å². The SMILES string of the molecule is CC(Nc1cccc2cn[nH]c12)C1CCOC1. The van der Waals surface area contributed by atoms with Gasteiger partial charge >= 0.3 is 0 Å². The molecule has 0 spiro atoms. The largest absolute Gasteiger partial charge is 0.381 e. The molecule has 4 heteroatoms. The molecule has 0 bridgehead atoms. The van der Waals surface area contributed by atoms with E-state index in [1.165, 1.54) is 0 Å². The first-order valence-corrected chi connectivity index (χ1v) is 6.11. The lowest BCUT2D eigenvalue weighted by Gasteiger charge is -2.20. The van der Waals surface area contributed by atoms with Gasteiger partial charge in [0.25, 0.3) is 0 Å². The molecule has 2 aromatic rings. The number of nitrogens with zero attached hydrogens (tertiary/aromatic N) is 1. The van der Waals surface area contributed by atoms with Gasteiger partial charge in [-0.2, -0.15) is 5.10 Å². The number of aromatic nitrogens is 2. The second-order valence-electron chi connectivity index (χ2n) is 4.70. The quantitative estimate of drug-likeness (QED) is 0.852. The Kier molecular flexibility index (Phi) is 2.73. The van der Waals surface area contributed by atoms with Gasteiger partial charge in [-0.1, -0.05) is 12.1 Å². The molecule has 2 heterocycles. The minimum atomic E-state index is 0.423. The van der Waals surface area contributed by atoms with Gasteiger partial charge in [-0.3, -0.25) is 5.10 Å². The number of hydrogen-bond donors (Lipinski definition) is 2. The van der Waals surface area contributed by atoms with Gasteiger partial charge < -0.3 is 10.1 Å². The molecule has 0 saturated carbocycles. The monoisotopic (exact) mass is 231 g/mol. The zero-order chi connectivity index (χ0) is 11.7. The van der Waals surface area contributed by atoms with Crippen molar-refractivity contribution in [1.29, 1.82) is 0 Å². The molecule has 1 aliphatic rings. The average Bonchev–Trinajstić information content (AvgIpc) is 3.00. The highest BCUT2D eigenvalue weighted by Crippen LogP contribution is 2.24. The van der Waals surface area contributed by atoms with Crippen molar-refractivity contribution in [2.45, 2.75) is 19.4 Å². The van der Waals surface area contributed by atoms with Crippen LogP contribution >= 0.6 is 0 Å². The molecule has 1 fully saturated rings. The highest BCUT2D eigenvalue weighted by atomic mass is 16.5. The number of anilines is 1. The van der Waals surface area contributed by atoms with E-state index in [2.05, 4.69) is 40.6 Å². The minimum absolute atomic E-state index is 0.423. The molecule has 0 radical (unpaired) electrons. The fraction of sp³-hybridized carbons (Fsp3) is 0.462. The molecule has 2 N–H and O–H groups in total. The van der Waals surface area contributed by atoms with Crippen molar-refractivity contribution in [3.63, 3.8) is 0 Å². The summed E-state index contributed by atoms with van der Waals surface area (Å²) in [6, 6.07) is 6.63. The predicted molar refractivity (Wildman–Crippen MR) is 68.1 cm³/mol. The van der Waals surface area contributed by atoms with Gasteiger partial charge in [0, 0.05) is 24.0 Å². The van der Waals surface area contributed by atoms with E-state index in [0.29, 0.717) is 12.0 Å². The van der Waals surface area contributed by atoms with Gasteiger partial charge in [0.1, 0.15) is 0 Å². The number of nitrogens with one attached hydrogen (secondary N) is 2. The molecular weight excluding hydrogens is 214 g/mol. The number of ether oxygens (including phenoxy) is 1. The van der Waals surface area contributed by atoms with Crippen molar-refractivity contribution in [1.82, 2.24) is 10.2 Å². The Morgan fingerprint density at radius 3 is 3.29 bits per heavy atom.